The molecule has 3 heteroatoms. The van der Waals surface area contributed by atoms with Crippen molar-refractivity contribution in [2.45, 2.75) is 6.92 Å². The Hall–Kier alpha value is -2.55. The summed E-state index contributed by atoms with van der Waals surface area (Å²) in [5, 5.41) is 11.0. The molecular weight excluding hydrogens is 260 g/mol. The average molecular weight is 278 g/mol. The third kappa shape index (κ3) is 2.42. The molecule has 1 heterocycles. The van der Waals surface area contributed by atoms with Crippen molar-refractivity contribution < 1.29 is 5.11 Å². The number of aromatic hydroxyl groups is 1. The van der Waals surface area contributed by atoms with E-state index in [4.69, 9.17) is 0 Å². The van der Waals surface area contributed by atoms with Crippen molar-refractivity contribution in [3.63, 3.8) is 0 Å². The molecule has 0 atom stereocenters. The fourth-order valence-electron chi connectivity index (χ4n) is 2.49. The summed E-state index contributed by atoms with van der Waals surface area (Å²) in [6.45, 7) is 1.93. The van der Waals surface area contributed by atoms with E-state index in [9.17, 15) is 5.11 Å². The highest BCUT2D eigenvalue weighted by Gasteiger charge is 2.09. The van der Waals surface area contributed by atoms with Gasteiger partial charge in [0.05, 0.1) is 0 Å². The Morgan fingerprint density at radius 1 is 0.905 bits per heavy atom. The van der Waals surface area contributed by atoms with Gasteiger partial charge in [0.2, 0.25) is 0 Å². The summed E-state index contributed by atoms with van der Waals surface area (Å²) in [7, 11) is 4.05. The Kier molecular flexibility index (Phi) is 3.26. The van der Waals surface area contributed by atoms with Crippen molar-refractivity contribution in [2.24, 2.45) is 0 Å². The topological polar surface area (TPSA) is 36.4 Å². The first-order valence-corrected chi connectivity index (χ1v) is 6.93. The number of rotatable bonds is 2. The summed E-state index contributed by atoms with van der Waals surface area (Å²) in [5.74, 6) is 0.224. The lowest BCUT2D eigenvalue weighted by Gasteiger charge is -2.13. The Morgan fingerprint density at radius 3 is 2.29 bits per heavy atom. The quantitative estimate of drug-likeness (QED) is 0.770. The van der Waals surface area contributed by atoms with Gasteiger partial charge in [-0.2, -0.15) is 0 Å². The highest BCUT2D eigenvalue weighted by molar-refractivity contribution is 5.97. The molecular formula is C18H18N2O. The van der Waals surface area contributed by atoms with Crippen LogP contribution in [0.15, 0.2) is 48.5 Å². The number of aryl methyl sites for hydroxylation is 1. The molecule has 1 aromatic heterocycles. The lowest BCUT2D eigenvalue weighted by Crippen LogP contribution is -2.07. The lowest BCUT2D eigenvalue weighted by molar-refractivity contribution is 0.480. The molecule has 0 aliphatic rings. The first-order valence-electron chi connectivity index (χ1n) is 6.93. The number of hydrogen-bond donors (Lipinski definition) is 1. The van der Waals surface area contributed by atoms with Gasteiger partial charge in [0.1, 0.15) is 11.3 Å². The zero-order valence-electron chi connectivity index (χ0n) is 12.5. The van der Waals surface area contributed by atoms with Crippen molar-refractivity contribution >= 4 is 16.6 Å². The van der Waals surface area contributed by atoms with Gasteiger partial charge in [-0.25, -0.2) is 4.98 Å². The van der Waals surface area contributed by atoms with Gasteiger partial charge in [-0.1, -0.05) is 18.2 Å². The van der Waals surface area contributed by atoms with Gasteiger partial charge in [0.15, 0.2) is 0 Å². The molecule has 0 amide bonds. The lowest BCUT2D eigenvalue weighted by atomic mass is 9.99. The molecule has 0 unspecified atom stereocenters. The molecule has 106 valence electrons. The molecule has 0 aliphatic carbocycles. The third-order valence-corrected chi connectivity index (χ3v) is 3.67. The van der Waals surface area contributed by atoms with E-state index in [0.29, 0.717) is 5.52 Å². The van der Waals surface area contributed by atoms with E-state index in [-0.39, 0.29) is 5.75 Å². The average Bonchev–Trinajstić information content (AvgIpc) is 2.48. The third-order valence-electron chi connectivity index (χ3n) is 3.67. The van der Waals surface area contributed by atoms with E-state index in [1.54, 1.807) is 6.07 Å². The molecule has 21 heavy (non-hydrogen) atoms. The summed E-state index contributed by atoms with van der Waals surface area (Å²) in [5.41, 5.74) is 4.93. The highest BCUT2D eigenvalue weighted by atomic mass is 16.3. The Bertz CT molecular complexity index is 792. The van der Waals surface area contributed by atoms with E-state index in [1.165, 1.54) is 0 Å². The Morgan fingerprint density at radius 2 is 1.62 bits per heavy atom. The Balaban J connectivity index is 2.18. The number of anilines is 1. The number of fused-ring (bicyclic) bond motifs is 1. The predicted octanol–water partition coefficient (Wildman–Crippen LogP) is 3.98. The van der Waals surface area contributed by atoms with Crippen LogP contribution in [0.25, 0.3) is 22.0 Å². The normalized spacial score (nSPS) is 10.8. The van der Waals surface area contributed by atoms with Gasteiger partial charge in [-0.3, -0.25) is 0 Å². The highest BCUT2D eigenvalue weighted by Crippen LogP contribution is 2.33. The fraction of sp³-hybridized carbons (Fsp3) is 0.167. The smallest absolute Gasteiger partial charge is 0.141 e. The van der Waals surface area contributed by atoms with Crippen LogP contribution in [0.1, 0.15) is 5.69 Å². The first-order chi connectivity index (χ1) is 10.1. The number of phenolic OH excluding ortho intramolecular Hbond substituents is 1. The number of benzene rings is 2. The van der Waals surface area contributed by atoms with Crippen molar-refractivity contribution in [1.29, 1.82) is 0 Å². The molecule has 0 aliphatic heterocycles. The number of nitrogens with zero attached hydrogens (tertiary/aromatic N) is 2. The zero-order valence-corrected chi connectivity index (χ0v) is 12.5. The van der Waals surface area contributed by atoms with Gasteiger partial charge in [-0.15, -0.1) is 0 Å². The second kappa shape index (κ2) is 5.09. The minimum absolute atomic E-state index is 0.224. The van der Waals surface area contributed by atoms with Crippen LogP contribution in [-0.4, -0.2) is 24.2 Å². The van der Waals surface area contributed by atoms with E-state index >= 15 is 0 Å². The van der Waals surface area contributed by atoms with Gasteiger partial charge in [0, 0.05) is 30.9 Å². The Labute approximate surface area is 124 Å². The van der Waals surface area contributed by atoms with E-state index in [2.05, 4.69) is 34.1 Å². The molecule has 0 saturated heterocycles. The number of hydrogen-bond acceptors (Lipinski definition) is 3. The SMILES string of the molecule is Cc1ccc2c(-c3ccc(N(C)C)cc3)ccc(O)c2n1. The summed E-state index contributed by atoms with van der Waals surface area (Å²) >= 11 is 0. The van der Waals surface area contributed by atoms with Crippen molar-refractivity contribution in [2.75, 3.05) is 19.0 Å². The van der Waals surface area contributed by atoms with Crippen molar-refractivity contribution in [3.8, 4) is 16.9 Å². The van der Waals surface area contributed by atoms with Gasteiger partial charge < -0.3 is 10.0 Å². The van der Waals surface area contributed by atoms with Crippen LogP contribution in [0.3, 0.4) is 0 Å². The monoisotopic (exact) mass is 278 g/mol. The molecule has 1 N–H and O–H groups in total. The minimum Gasteiger partial charge on any atom is -0.506 e. The van der Waals surface area contributed by atoms with Crippen LogP contribution in [0.2, 0.25) is 0 Å². The molecule has 0 bridgehead atoms. The van der Waals surface area contributed by atoms with Crippen LogP contribution in [0.5, 0.6) is 5.75 Å². The second-order valence-electron chi connectivity index (χ2n) is 5.42. The molecule has 3 nitrogen and oxygen atoms in total. The summed E-state index contributed by atoms with van der Waals surface area (Å²) in [6.07, 6.45) is 0. The van der Waals surface area contributed by atoms with Gasteiger partial charge >= 0.3 is 0 Å². The van der Waals surface area contributed by atoms with Crippen molar-refractivity contribution in [3.05, 3.63) is 54.2 Å². The van der Waals surface area contributed by atoms with E-state index in [1.807, 2.05) is 39.2 Å². The molecule has 3 aromatic rings. The summed E-state index contributed by atoms with van der Waals surface area (Å²) in [6, 6.07) is 16.0. The minimum atomic E-state index is 0.224. The molecule has 3 rings (SSSR count). The maximum atomic E-state index is 10.0. The van der Waals surface area contributed by atoms with Gasteiger partial charge in [-0.05, 0) is 48.4 Å². The van der Waals surface area contributed by atoms with Crippen LogP contribution in [0.4, 0.5) is 5.69 Å². The maximum absolute atomic E-state index is 10.0. The number of phenols is 1. The first kappa shape index (κ1) is 13.4. The largest absolute Gasteiger partial charge is 0.506 e. The predicted molar refractivity (Wildman–Crippen MR) is 87.9 cm³/mol. The van der Waals surface area contributed by atoms with Crippen LogP contribution < -0.4 is 4.90 Å². The maximum Gasteiger partial charge on any atom is 0.141 e. The van der Waals surface area contributed by atoms with E-state index in [0.717, 1.165) is 27.9 Å². The summed E-state index contributed by atoms with van der Waals surface area (Å²) < 4.78 is 0. The van der Waals surface area contributed by atoms with Crippen molar-refractivity contribution in [1.82, 2.24) is 4.98 Å². The molecule has 2 aromatic carbocycles. The number of aromatic nitrogens is 1. The standard InChI is InChI=1S/C18H18N2O/c1-12-4-9-16-15(10-11-17(21)18(16)19-12)13-5-7-14(8-6-13)20(2)3/h4-11,21H,1-3H3. The van der Waals surface area contributed by atoms with E-state index < -0.39 is 0 Å². The van der Waals surface area contributed by atoms with Crippen LogP contribution in [-0.2, 0) is 0 Å². The molecule has 0 radical (unpaired) electrons. The van der Waals surface area contributed by atoms with Crippen LogP contribution in [0, 0.1) is 6.92 Å². The number of pyridine rings is 1. The molecule has 0 saturated carbocycles. The summed E-state index contributed by atoms with van der Waals surface area (Å²) in [4.78, 5) is 6.52. The van der Waals surface area contributed by atoms with Crippen LogP contribution >= 0.6 is 0 Å². The molecule has 0 spiro atoms. The van der Waals surface area contributed by atoms with Gasteiger partial charge in [0.25, 0.3) is 0 Å². The fourth-order valence-corrected chi connectivity index (χ4v) is 2.49. The zero-order chi connectivity index (χ0) is 15.0. The second-order valence-corrected chi connectivity index (χ2v) is 5.42. The molecule has 0 fully saturated rings.